The number of nitrogens with two attached hydrogens (primary N) is 1. The normalized spacial score (nSPS) is 14.2. The SMILES string of the molecule is Cc1ccnc(F)c1CN1CCc2nc(-c3ccc(N)cc3)ncc2C1. The smallest absolute Gasteiger partial charge is 0.217 e. The number of anilines is 1. The summed E-state index contributed by atoms with van der Waals surface area (Å²) >= 11 is 0. The highest BCUT2D eigenvalue weighted by Gasteiger charge is 2.20. The molecule has 132 valence electrons. The van der Waals surface area contributed by atoms with E-state index < -0.39 is 0 Å². The number of rotatable bonds is 3. The van der Waals surface area contributed by atoms with Gasteiger partial charge in [-0.25, -0.2) is 15.0 Å². The van der Waals surface area contributed by atoms with Gasteiger partial charge in [0.2, 0.25) is 5.95 Å². The van der Waals surface area contributed by atoms with Gasteiger partial charge >= 0.3 is 0 Å². The van der Waals surface area contributed by atoms with Gasteiger partial charge in [0.25, 0.3) is 0 Å². The van der Waals surface area contributed by atoms with Crippen LogP contribution in [0.2, 0.25) is 0 Å². The number of nitrogen functional groups attached to an aromatic ring is 1. The summed E-state index contributed by atoms with van der Waals surface area (Å²) in [4.78, 5) is 15.2. The van der Waals surface area contributed by atoms with E-state index in [1.54, 1.807) is 0 Å². The first-order valence-corrected chi connectivity index (χ1v) is 8.63. The highest BCUT2D eigenvalue weighted by atomic mass is 19.1. The van der Waals surface area contributed by atoms with Crippen molar-refractivity contribution < 1.29 is 4.39 Å². The van der Waals surface area contributed by atoms with Crippen LogP contribution in [0.5, 0.6) is 0 Å². The molecule has 3 heterocycles. The summed E-state index contributed by atoms with van der Waals surface area (Å²) in [5.74, 6) is 0.331. The lowest BCUT2D eigenvalue weighted by Crippen LogP contribution is -2.31. The van der Waals surface area contributed by atoms with Crippen LogP contribution in [0.1, 0.15) is 22.4 Å². The molecule has 0 atom stereocenters. The van der Waals surface area contributed by atoms with Gasteiger partial charge in [0.05, 0.1) is 5.69 Å². The maximum atomic E-state index is 14.0. The van der Waals surface area contributed by atoms with Crippen LogP contribution >= 0.6 is 0 Å². The number of halogens is 1. The van der Waals surface area contributed by atoms with Crippen LogP contribution in [0, 0.1) is 12.9 Å². The van der Waals surface area contributed by atoms with E-state index in [1.807, 2.05) is 43.5 Å². The Balaban J connectivity index is 1.54. The second kappa shape index (κ2) is 6.80. The summed E-state index contributed by atoms with van der Waals surface area (Å²) in [6, 6.07) is 9.41. The Morgan fingerprint density at radius 3 is 2.73 bits per heavy atom. The maximum Gasteiger partial charge on any atom is 0.217 e. The molecule has 1 aliphatic heterocycles. The summed E-state index contributed by atoms with van der Waals surface area (Å²) in [5, 5.41) is 0. The zero-order valence-corrected chi connectivity index (χ0v) is 14.6. The topological polar surface area (TPSA) is 67.9 Å². The molecule has 0 radical (unpaired) electrons. The minimum absolute atomic E-state index is 0.384. The Morgan fingerprint density at radius 2 is 1.96 bits per heavy atom. The van der Waals surface area contributed by atoms with Crippen LogP contribution in [-0.2, 0) is 19.5 Å². The quantitative estimate of drug-likeness (QED) is 0.581. The summed E-state index contributed by atoms with van der Waals surface area (Å²) < 4.78 is 14.0. The lowest BCUT2D eigenvalue weighted by atomic mass is 10.0. The lowest BCUT2D eigenvalue weighted by Gasteiger charge is -2.28. The number of hydrogen-bond donors (Lipinski definition) is 1. The van der Waals surface area contributed by atoms with E-state index in [0.717, 1.165) is 41.0 Å². The highest BCUT2D eigenvalue weighted by Crippen LogP contribution is 2.23. The van der Waals surface area contributed by atoms with Gasteiger partial charge in [-0.05, 0) is 42.8 Å². The predicted molar refractivity (Wildman–Crippen MR) is 98.6 cm³/mol. The van der Waals surface area contributed by atoms with Crippen molar-refractivity contribution in [3.05, 3.63) is 71.1 Å². The number of aryl methyl sites for hydroxylation is 1. The van der Waals surface area contributed by atoms with E-state index in [-0.39, 0.29) is 5.95 Å². The summed E-state index contributed by atoms with van der Waals surface area (Å²) in [7, 11) is 0. The minimum Gasteiger partial charge on any atom is -0.399 e. The van der Waals surface area contributed by atoms with Crippen molar-refractivity contribution in [2.24, 2.45) is 0 Å². The van der Waals surface area contributed by atoms with E-state index in [4.69, 9.17) is 10.7 Å². The van der Waals surface area contributed by atoms with Crippen LogP contribution in [-0.4, -0.2) is 26.4 Å². The van der Waals surface area contributed by atoms with Crippen LogP contribution < -0.4 is 5.73 Å². The molecule has 1 aromatic carbocycles. The van der Waals surface area contributed by atoms with Crippen molar-refractivity contribution >= 4 is 5.69 Å². The molecule has 0 amide bonds. The number of benzene rings is 1. The predicted octanol–water partition coefficient (Wildman–Crippen LogP) is 3.13. The van der Waals surface area contributed by atoms with Gasteiger partial charge in [-0.3, -0.25) is 4.90 Å². The lowest BCUT2D eigenvalue weighted by molar-refractivity contribution is 0.238. The molecule has 2 N–H and O–H groups in total. The molecule has 1 aliphatic rings. The molecule has 0 spiro atoms. The second-order valence-corrected chi connectivity index (χ2v) is 6.65. The fraction of sp³-hybridized carbons (Fsp3) is 0.250. The second-order valence-electron chi connectivity index (χ2n) is 6.65. The van der Waals surface area contributed by atoms with Crippen molar-refractivity contribution in [2.75, 3.05) is 12.3 Å². The average Bonchev–Trinajstić information content (AvgIpc) is 2.65. The number of fused-ring (bicyclic) bond motifs is 1. The molecule has 0 saturated carbocycles. The largest absolute Gasteiger partial charge is 0.399 e. The fourth-order valence-electron chi connectivity index (χ4n) is 3.25. The molecule has 26 heavy (non-hydrogen) atoms. The summed E-state index contributed by atoms with van der Waals surface area (Å²) in [5.41, 5.74) is 11.2. The molecular weight excluding hydrogens is 329 g/mol. The van der Waals surface area contributed by atoms with Crippen LogP contribution in [0.4, 0.5) is 10.1 Å². The molecule has 0 aliphatic carbocycles. The minimum atomic E-state index is -0.384. The molecule has 4 rings (SSSR count). The zero-order valence-electron chi connectivity index (χ0n) is 14.6. The number of pyridine rings is 1. The number of hydrogen-bond acceptors (Lipinski definition) is 5. The van der Waals surface area contributed by atoms with Crippen molar-refractivity contribution in [2.45, 2.75) is 26.4 Å². The first-order valence-electron chi connectivity index (χ1n) is 8.63. The van der Waals surface area contributed by atoms with Gasteiger partial charge in [0.15, 0.2) is 5.82 Å². The van der Waals surface area contributed by atoms with E-state index >= 15 is 0 Å². The monoisotopic (exact) mass is 349 g/mol. The summed E-state index contributed by atoms with van der Waals surface area (Å²) in [6.45, 7) is 4.01. The number of aromatic nitrogens is 3. The van der Waals surface area contributed by atoms with E-state index in [2.05, 4.69) is 14.9 Å². The van der Waals surface area contributed by atoms with Gasteiger partial charge in [0, 0.05) is 60.8 Å². The Hall–Kier alpha value is -2.86. The molecule has 3 aromatic rings. The molecule has 5 nitrogen and oxygen atoms in total. The third kappa shape index (κ3) is 3.28. The molecule has 6 heteroatoms. The molecule has 0 saturated heterocycles. The molecule has 0 fully saturated rings. The highest BCUT2D eigenvalue weighted by molar-refractivity contribution is 5.58. The van der Waals surface area contributed by atoms with Crippen molar-refractivity contribution in [3.8, 4) is 11.4 Å². The van der Waals surface area contributed by atoms with Crippen molar-refractivity contribution in [3.63, 3.8) is 0 Å². The third-order valence-electron chi connectivity index (χ3n) is 4.80. The first kappa shape index (κ1) is 16.6. The Labute approximate surface area is 151 Å². The fourth-order valence-corrected chi connectivity index (χ4v) is 3.25. The van der Waals surface area contributed by atoms with Crippen molar-refractivity contribution in [1.29, 1.82) is 0 Å². The van der Waals surface area contributed by atoms with Crippen LogP contribution in [0.3, 0.4) is 0 Å². The van der Waals surface area contributed by atoms with Gasteiger partial charge in [0.1, 0.15) is 0 Å². The number of nitrogens with zero attached hydrogens (tertiary/aromatic N) is 4. The van der Waals surface area contributed by atoms with Gasteiger partial charge in [-0.1, -0.05) is 0 Å². The standard InChI is InChI=1S/C20H20FN5/c1-13-6-8-23-19(21)17(13)12-26-9-7-18-15(11-26)10-24-20(25-18)14-2-4-16(22)5-3-14/h2-6,8,10H,7,9,11-12,22H2,1H3. The Morgan fingerprint density at radius 1 is 1.15 bits per heavy atom. The maximum absolute atomic E-state index is 14.0. The third-order valence-corrected chi connectivity index (χ3v) is 4.80. The van der Waals surface area contributed by atoms with Gasteiger partial charge in [-0.15, -0.1) is 0 Å². The molecule has 2 aromatic heterocycles. The van der Waals surface area contributed by atoms with Gasteiger partial charge in [-0.2, -0.15) is 4.39 Å². The molecular formula is C20H20FN5. The molecule has 0 bridgehead atoms. The first-order chi connectivity index (χ1) is 12.6. The van der Waals surface area contributed by atoms with E-state index in [9.17, 15) is 4.39 Å². The van der Waals surface area contributed by atoms with E-state index in [0.29, 0.717) is 24.5 Å². The van der Waals surface area contributed by atoms with Crippen LogP contribution in [0.15, 0.2) is 42.7 Å². The zero-order chi connectivity index (χ0) is 18.1. The van der Waals surface area contributed by atoms with Crippen molar-refractivity contribution in [1.82, 2.24) is 19.9 Å². The Kier molecular flexibility index (Phi) is 4.34. The summed E-state index contributed by atoms with van der Waals surface area (Å²) in [6.07, 6.45) is 4.21. The Bertz CT molecular complexity index is 919. The van der Waals surface area contributed by atoms with Crippen LogP contribution in [0.25, 0.3) is 11.4 Å². The average molecular weight is 349 g/mol. The molecule has 0 unspecified atom stereocenters. The van der Waals surface area contributed by atoms with Gasteiger partial charge < -0.3 is 5.73 Å². The van der Waals surface area contributed by atoms with E-state index in [1.165, 1.54) is 6.20 Å².